The van der Waals surface area contributed by atoms with E-state index in [1.165, 1.54) is 0 Å². The third-order valence-corrected chi connectivity index (χ3v) is 2.28. The van der Waals surface area contributed by atoms with Crippen LogP contribution in [-0.2, 0) is 4.74 Å². The molecule has 0 saturated heterocycles. The number of nitrogens with two attached hydrogens (primary N) is 1. The Hall–Kier alpha value is -1.69. The zero-order valence-electron chi connectivity index (χ0n) is 8.82. The van der Waals surface area contributed by atoms with Crippen LogP contribution in [0.15, 0.2) is 29.0 Å². The highest BCUT2D eigenvalue weighted by molar-refractivity contribution is 5.99. The molecule has 2 heterocycles. The summed E-state index contributed by atoms with van der Waals surface area (Å²) < 4.78 is 5.39. The molecule has 6 heteroatoms. The number of hydrazine groups is 1. The Kier molecular flexibility index (Phi) is 2.51. The number of hydrogen-bond acceptors (Lipinski definition) is 6. The van der Waals surface area contributed by atoms with Crippen molar-refractivity contribution in [3.8, 4) is 0 Å². The molecule has 1 atom stereocenters. The number of ether oxygens (including phenoxy) is 1. The fourth-order valence-electron chi connectivity index (χ4n) is 1.58. The van der Waals surface area contributed by atoms with Gasteiger partial charge in [0.25, 0.3) is 0 Å². The van der Waals surface area contributed by atoms with E-state index < -0.39 is 0 Å². The lowest BCUT2D eigenvalue weighted by atomic mass is 10.3. The first-order valence-corrected chi connectivity index (χ1v) is 4.91. The molecule has 0 amide bonds. The van der Waals surface area contributed by atoms with E-state index in [0.717, 1.165) is 12.4 Å². The highest BCUT2D eigenvalue weighted by atomic mass is 16.5. The van der Waals surface area contributed by atoms with E-state index in [1.54, 1.807) is 6.26 Å². The zero-order valence-corrected chi connectivity index (χ0v) is 8.82. The second-order valence-corrected chi connectivity index (χ2v) is 3.31. The van der Waals surface area contributed by atoms with Crippen molar-refractivity contribution < 1.29 is 4.74 Å². The van der Waals surface area contributed by atoms with Crippen LogP contribution < -0.4 is 16.6 Å². The van der Waals surface area contributed by atoms with Crippen molar-refractivity contribution in [3.05, 3.63) is 24.0 Å². The number of nitrogens with one attached hydrogen (secondary N) is 2. The smallest absolute Gasteiger partial charge is 0.210 e. The number of fused-ring (bicyclic) bond motifs is 1. The van der Waals surface area contributed by atoms with Gasteiger partial charge in [0.05, 0.1) is 0 Å². The Morgan fingerprint density at radius 2 is 2.53 bits per heavy atom. The van der Waals surface area contributed by atoms with Crippen LogP contribution >= 0.6 is 0 Å². The lowest BCUT2D eigenvalue weighted by Gasteiger charge is -2.32. The predicted octanol–water partition coefficient (Wildman–Crippen LogP) is -0.210. The number of hydrogen-bond donors (Lipinski definition) is 3. The second kappa shape index (κ2) is 3.82. The minimum atomic E-state index is -0.0149. The molecule has 2 rings (SSSR count). The van der Waals surface area contributed by atoms with E-state index in [1.807, 2.05) is 18.0 Å². The Balaban J connectivity index is 2.40. The highest BCUT2D eigenvalue weighted by Gasteiger charge is 2.27. The maximum absolute atomic E-state index is 5.41. The molecule has 0 aromatic rings. The first kappa shape index (κ1) is 9.85. The summed E-state index contributed by atoms with van der Waals surface area (Å²) in [4.78, 5) is 6.46. The summed E-state index contributed by atoms with van der Waals surface area (Å²) in [5.41, 5.74) is 2.58. The van der Waals surface area contributed by atoms with Crippen molar-refractivity contribution in [1.82, 2.24) is 15.6 Å². The lowest BCUT2D eigenvalue weighted by molar-refractivity contribution is 0.312. The molecule has 15 heavy (non-hydrogen) atoms. The van der Waals surface area contributed by atoms with Gasteiger partial charge >= 0.3 is 0 Å². The molecule has 0 aromatic carbocycles. The summed E-state index contributed by atoms with van der Waals surface area (Å²) >= 11 is 0. The van der Waals surface area contributed by atoms with Crippen LogP contribution in [0.2, 0.25) is 0 Å². The van der Waals surface area contributed by atoms with Gasteiger partial charge in [-0.2, -0.15) is 0 Å². The Bertz CT molecular complexity index is 346. The van der Waals surface area contributed by atoms with E-state index in [4.69, 9.17) is 10.6 Å². The molecular formula is C9H15N5O. The van der Waals surface area contributed by atoms with E-state index in [9.17, 15) is 0 Å². The molecular weight excluding hydrogens is 194 g/mol. The second-order valence-electron chi connectivity index (χ2n) is 3.31. The van der Waals surface area contributed by atoms with Gasteiger partial charge in [-0.05, 0) is 13.8 Å². The van der Waals surface area contributed by atoms with E-state index in [0.29, 0.717) is 11.6 Å². The van der Waals surface area contributed by atoms with Gasteiger partial charge in [-0.3, -0.25) is 0 Å². The molecule has 0 spiro atoms. The number of likely N-dealkylation sites (N-methyl/N-ethyl adjacent to an activating group) is 1. The monoisotopic (exact) mass is 209 g/mol. The van der Waals surface area contributed by atoms with Crippen molar-refractivity contribution >= 4 is 5.84 Å². The van der Waals surface area contributed by atoms with Crippen molar-refractivity contribution in [2.75, 3.05) is 6.54 Å². The van der Waals surface area contributed by atoms with Crippen LogP contribution in [0.4, 0.5) is 0 Å². The molecule has 1 unspecified atom stereocenters. The SMILES string of the molecule is CCN1C=COC2=C(NN)NC(C)N=C21. The highest BCUT2D eigenvalue weighted by Crippen LogP contribution is 2.19. The topological polar surface area (TPSA) is 74.9 Å². The van der Waals surface area contributed by atoms with E-state index in [-0.39, 0.29) is 6.17 Å². The molecule has 0 aliphatic carbocycles. The zero-order chi connectivity index (χ0) is 10.8. The summed E-state index contributed by atoms with van der Waals surface area (Å²) in [6.45, 7) is 4.85. The minimum absolute atomic E-state index is 0.0149. The molecule has 2 aliphatic heterocycles. The summed E-state index contributed by atoms with van der Waals surface area (Å²) in [6.07, 6.45) is 3.46. The summed E-state index contributed by atoms with van der Waals surface area (Å²) in [5, 5.41) is 3.08. The molecule has 82 valence electrons. The number of rotatable bonds is 2. The predicted molar refractivity (Wildman–Crippen MR) is 57.0 cm³/mol. The van der Waals surface area contributed by atoms with Gasteiger partial charge in [-0.15, -0.1) is 0 Å². The summed E-state index contributed by atoms with van der Waals surface area (Å²) in [5.74, 6) is 7.52. The number of amidine groups is 1. The van der Waals surface area contributed by atoms with Crippen LogP contribution in [-0.4, -0.2) is 23.4 Å². The van der Waals surface area contributed by atoms with Crippen LogP contribution in [0.1, 0.15) is 13.8 Å². The van der Waals surface area contributed by atoms with Gasteiger partial charge in [0.15, 0.2) is 11.7 Å². The van der Waals surface area contributed by atoms with Crippen molar-refractivity contribution in [2.45, 2.75) is 20.0 Å². The molecule has 2 aliphatic rings. The largest absolute Gasteiger partial charge is 0.456 e. The molecule has 0 saturated carbocycles. The van der Waals surface area contributed by atoms with Crippen LogP contribution in [0.5, 0.6) is 0 Å². The molecule has 0 fully saturated rings. The summed E-state index contributed by atoms with van der Waals surface area (Å²) in [7, 11) is 0. The van der Waals surface area contributed by atoms with Crippen LogP contribution in [0.25, 0.3) is 0 Å². The minimum Gasteiger partial charge on any atom is -0.456 e. The van der Waals surface area contributed by atoms with Crippen LogP contribution in [0.3, 0.4) is 0 Å². The normalized spacial score (nSPS) is 24.1. The van der Waals surface area contributed by atoms with Gasteiger partial charge in [-0.25, -0.2) is 10.8 Å². The molecule has 0 radical (unpaired) electrons. The molecule has 6 nitrogen and oxygen atoms in total. The fraction of sp³-hybridized carbons (Fsp3) is 0.444. The summed E-state index contributed by atoms with van der Waals surface area (Å²) in [6, 6.07) is 0. The van der Waals surface area contributed by atoms with Crippen LogP contribution in [0, 0.1) is 0 Å². The first-order valence-electron chi connectivity index (χ1n) is 4.91. The van der Waals surface area contributed by atoms with E-state index in [2.05, 4.69) is 22.7 Å². The van der Waals surface area contributed by atoms with Crippen molar-refractivity contribution in [1.29, 1.82) is 0 Å². The maximum Gasteiger partial charge on any atom is 0.210 e. The van der Waals surface area contributed by atoms with Gasteiger partial charge in [-0.1, -0.05) is 0 Å². The fourth-order valence-corrected chi connectivity index (χ4v) is 1.58. The third kappa shape index (κ3) is 1.63. The quantitative estimate of drug-likeness (QED) is 0.433. The molecule has 4 N–H and O–H groups in total. The lowest BCUT2D eigenvalue weighted by Crippen LogP contribution is -2.46. The third-order valence-electron chi connectivity index (χ3n) is 2.28. The van der Waals surface area contributed by atoms with Gasteiger partial charge < -0.3 is 20.4 Å². The van der Waals surface area contributed by atoms with E-state index >= 15 is 0 Å². The van der Waals surface area contributed by atoms with Crippen molar-refractivity contribution in [3.63, 3.8) is 0 Å². The maximum atomic E-state index is 5.41. The number of nitrogens with zero attached hydrogens (tertiary/aromatic N) is 2. The molecule has 0 aromatic heterocycles. The first-order chi connectivity index (χ1) is 7.26. The van der Waals surface area contributed by atoms with Crippen molar-refractivity contribution in [2.24, 2.45) is 10.8 Å². The average Bonchev–Trinajstić information content (AvgIpc) is 2.27. The van der Waals surface area contributed by atoms with Gasteiger partial charge in [0.1, 0.15) is 12.4 Å². The van der Waals surface area contributed by atoms with Gasteiger partial charge in [0.2, 0.25) is 5.76 Å². The Morgan fingerprint density at radius 3 is 3.20 bits per heavy atom. The average molecular weight is 209 g/mol. The number of aliphatic imine (C=N–C) groups is 1. The molecule has 0 bridgehead atoms. The Labute approximate surface area is 88.4 Å². The standard InChI is InChI=1S/C9H15N5O/c1-3-14-4-5-15-7-8(13-10)11-6(2)12-9(7)14/h4-6,11,13H,3,10H2,1-2H3. The Morgan fingerprint density at radius 1 is 1.73 bits per heavy atom. The van der Waals surface area contributed by atoms with Gasteiger partial charge in [0, 0.05) is 12.7 Å².